The van der Waals surface area contributed by atoms with E-state index in [1.165, 1.54) is 106 Å². The molecule has 7 atom stereocenters. The third-order valence-corrected chi connectivity index (χ3v) is 21.5. The minimum absolute atomic E-state index is 0.169. The number of nitrogens with zero attached hydrogens (tertiary/aromatic N) is 4. The number of hydrogen-bond donors (Lipinski definition) is 0. The molecule has 2 spiro atoms. The molecule has 10 aliphatic rings. The van der Waals surface area contributed by atoms with Crippen molar-refractivity contribution < 1.29 is 13.7 Å². The molecule has 11 aromatic rings. The van der Waals surface area contributed by atoms with Gasteiger partial charge in [-0.05, 0) is 132 Å². The third kappa shape index (κ3) is 5.78. The largest absolute Gasteiger partial charge is 0.571 e. The van der Waals surface area contributed by atoms with Crippen molar-refractivity contribution in [3.8, 4) is 89.4 Å². The van der Waals surface area contributed by atoms with Crippen LogP contribution in [0.15, 0.2) is 273 Å². The highest BCUT2D eigenvalue weighted by molar-refractivity contribution is 6.15. The van der Waals surface area contributed by atoms with Gasteiger partial charge in [-0.15, -0.1) is 0 Å². The molecule has 21 rings (SSSR count). The van der Waals surface area contributed by atoms with E-state index in [9.17, 15) is 0 Å². The zero-order valence-corrected chi connectivity index (χ0v) is 46.4. The van der Waals surface area contributed by atoms with Gasteiger partial charge in [-0.2, -0.15) is 9.13 Å². The highest BCUT2D eigenvalue weighted by atomic mass is 15.1. The lowest BCUT2D eigenvalue weighted by Crippen LogP contribution is -2.65. The lowest BCUT2D eigenvalue weighted by molar-refractivity contribution is -0.725. The molecule has 2 saturated carbocycles. The van der Waals surface area contributed by atoms with Gasteiger partial charge in [0.1, 0.15) is 0 Å². The fourth-order valence-electron chi connectivity index (χ4n) is 17.6. The minimum Gasteiger partial charge on any atom is -0.186 e. The van der Waals surface area contributed by atoms with Gasteiger partial charge in [0.25, 0.3) is 5.54 Å². The van der Waals surface area contributed by atoms with Crippen LogP contribution in [0.3, 0.4) is 0 Å². The number of pyridine rings is 3. The Morgan fingerprint density at radius 3 is 1.92 bits per heavy atom. The monoisotopic (exact) mass is 1080 g/mol. The third-order valence-electron chi connectivity index (χ3n) is 21.5. The highest BCUT2D eigenvalue weighted by Crippen LogP contribution is 2.90. The van der Waals surface area contributed by atoms with Crippen molar-refractivity contribution in [2.45, 2.75) is 29.8 Å². The highest BCUT2D eigenvalue weighted by Gasteiger charge is 2.85. The Hall–Kier alpha value is -10.4. The van der Waals surface area contributed by atoms with Crippen LogP contribution in [-0.4, -0.2) is 11.5 Å². The predicted molar refractivity (Wildman–Crippen MR) is 338 cm³/mol. The van der Waals surface area contributed by atoms with Crippen LogP contribution < -0.4 is 18.4 Å². The molecule has 0 amide bonds. The zero-order chi connectivity index (χ0) is 55.0. The van der Waals surface area contributed by atoms with Crippen molar-refractivity contribution in [1.29, 1.82) is 0 Å². The second-order valence-corrected chi connectivity index (χ2v) is 25.4. The molecule has 4 heteroatoms. The van der Waals surface area contributed by atoms with E-state index in [1.807, 2.05) is 0 Å². The summed E-state index contributed by atoms with van der Waals surface area (Å²) < 4.78 is 14.2. The molecule has 9 heterocycles. The smallest absolute Gasteiger partial charge is 0.186 e. The number of allylic oxidation sites excluding steroid dienone is 8. The second-order valence-electron chi connectivity index (χ2n) is 25.4. The van der Waals surface area contributed by atoms with E-state index in [-0.39, 0.29) is 17.4 Å². The van der Waals surface area contributed by atoms with E-state index in [2.05, 4.69) is 287 Å². The van der Waals surface area contributed by atoms with Crippen LogP contribution in [0.2, 0.25) is 0 Å². The number of hydrogen-bond acceptors (Lipinski definition) is 0. The number of benzene rings is 8. The van der Waals surface area contributed by atoms with Crippen LogP contribution in [-0.2, 0) is 12.0 Å². The molecular formula is C81H52N4+4. The van der Waals surface area contributed by atoms with Crippen LogP contribution >= 0.6 is 0 Å². The topological polar surface area (TPSA) is 25.7 Å². The summed E-state index contributed by atoms with van der Waals surface area (Å²) >= 11 is 0. The molecule has 4 nitrogen and oxygen atoms in total. The quantitative estimate of drug-likeness (QED) is 0.0937. The SMILES string of the molecule is C1=CC2C3C4c5cc6c(cc5C1C=CC243)-c1cc(-c2ccc(-c3ccccc3)cc2)c2c[n+]1C1(/C=C(\C=C3\c4ccccc4-c4ccc5[n+](c4)C(=[N+]=C1c1ccccc1-c1ccc4[n+](c1)C3c1ccccc1-4)c1ccccc1-5)c1ccccc1-2)C6. The molecule has 7 unspecified atom stereocenters. The van der Waals surface area contributed by atoms with E-state index >= 15 is 0 Å². The molecule has 0 radical (unpaired) electrons. The van der Waals surface area contributed by atoms with Gasteiger partial charge in [-0.25, -0.2) is 0 Å². The van der Waals surface area contributed by atoms with E-state index in [1.54, 1.807) is 5.56 Å². The molecule has 4 aliphatic carbocycles. The van der Waals surface area contributed by atoms with Gasteiger partial charge < -0.3 is 0 Å². The van der Waals surface area contributed by atoms with Crippen LogP contribution in [0, 0.1) is 17.3 Å². The number of aromatic nitrogens is 3. The summed E-state index contributed by atoms with van der Waals surface area (Å²) in [6.45, 7) is 0. The van der Waals surface area contributed by atoms with E-state index < -0.39 is 5.54 Å². The van der Waals surface area contributed by atoms with Crippen molar-refractivity contribution in [2.75, 3.05) is 0 Å². The molecule has 0 N–H and O–H groups in total. The number of fused-ring (bicyclic) bond motifs is 26. The average Bonchev–Trinajstić information content (AvgIpc) is 1.44. The van der Waals surface area contributed by atoms with Gasteiger partial charge in [-0.1, -0.05) is 187 Å². The molecule has 2 fully saturated rings. The lowest BCUT2D eigenvalue weighted by Gasteiger charge is -2.34. The Morgan fingerprint density at radius 2 is 1.08 bits per heavy atom. The molecule has 0 saturated heterocycles. The fraction of sp³-hybridized carbons (Fsp3) is 0.0988. The Kier molecular flexibility index (Phi) is 8.41. The maximum Gasteiger partial charge on any atom is 0.571 e. The van der Waals surface area contributed by atoms with E-state index in [4.69, 9.17) is 4.67 Å². The van der Waals surface area contributed by atoms with Gasteiger partial charge in [-0.3, -0.25) is 0 Å². The minimum atomic E-state index is -0.910. The van der Waals surface area contributed by atoms with Crippen LogP contribution in [0.25, 0.3) is 101 Å². The first-order valence-electron chi connectivity index (χ1n) is 30.4. The normalized spacial score (nSPS) is 24.7. The Morgan fingerprint density at radius 1 is 0.424 bits per heavy atom. The summed E-state index contributed by atoms with van der Waals surface area (Å²) in [4.78, 5) is 0. The molecule has 392 valence electrons. The Bertz CT molecular complexity index is 5180. The van der Waals surface area contributed by atoms with Gasteiger partial charge >= 0.3 is 11.5 Å². The molecular weight excluding hydrogens is 1030 g/mol. The summed E-state index contributed by atoms with van der Waals surface area (Å²) in [7, 11) is 0. The molecule has 85 heavy (non-hydrogen) atoms. The first-order valence-corrected chi connectivity index (χ1v) is 30.4. The first kappa shape index (κ1) is 45.2. The second kappa shape index (κ2) is 15.8. The number of rotatable bonds is 2. The predicted octanol–water partition coefficient (Wildman–Crippen LogP) is 15.3. The Balaban J connectivity index is 0.975. The maximum absolute atomic E-state index is 6.52. The van der Waals surface area contributed by atoms with E-state index in [0.29, 0.717) is 24.2 Å². The van der Waals surface area contributed by atoms with E-state index in [0.717, 1.165) is 45.1 Å². The summed E-state index contributed by atoms with van der Waals surface area (Å²) in [5, 5.41) is 0. The lowest BCUT2D eigenvalue weighted by atomic mass is 9.71. The maximum atomic E-state index is 6.52. The fourth-order valence-corrected chi connectivity index (χ4v) is 17.6. The summed E-state index contributed by atoms with van der Waals surface area (Å²) in [5.41, 5.74) is 32.3. The van der Waals surface area contributed by atoms with Crippen molar-refractivity contribution in [1.82, 2.24) is 4.67 Å². The average molecular weight is 1080 g/mol. The molecule has 8 aromatic carbocycles. The van der Waals surface area contributed by atoms with Crippen LogP contribution in [0.4, 0.5) is 0 Å². The summed E-state index contributed by atoms with van der Waals surface area (Å²) in [5.74, 6) is 3.05. The van der Waals surface area contributed by atoms with Crippen molar-refractivity contribution in [3.63, 3.8) is 0 Å². The van der Waals surface area contributed by atoms with Gasteiger partial charge in [0, 0.05) is 69.0 Å². The van der Waals surface area contributed by atoms with Crippen molar-refractivity contribution in [2.24, 2.45) is 17.3 Å². The van der Waals surface area contributed by atoms with Crippen LogP contribution in [0.5, 0.6) is 0 Å². The molecule has 6 aliphatic heterocycles. The summed E-state index contributed by atoms with van der Waals surface area (Å²) in [6.07, 6.45) is 23.7. The molecule has 12 bridgehead atoms. The Labute approximate surface area is 492 Å². The van der Waals surface area contributed by atoms with Gasteiger partial charge in [0.2, 0.25) is 23.1 Å². The summed E-state index contributed by atoms with van der Waals surface area (Å²) in [6, 6.07) is 83.1. The first-order chi connectivity index (χ1) is 42.1. The van der Waals surface area contributed by atoms with Crippen molar-refractivity contribution >= 4 is 22.7 Å². The van der Waals surface area contributed by atoms with Crippen molar-refractivity contribution in [3.05, 3.63) is 318 Å². The molecule has 3 aromatic heterocycles. The van der Waals surface area contributed by atoms with Gasteiger partial charge in [0.05, 0.1) is 34.2 Å². The van der Waals surface area contributed by atoms with Gasteiger partial charge in [0.15, 0.2) is 24.2 Å². The standard InChI is InChI=1S/C81H52N4/c1-2-14-47(15-3-1)48-26-28-49(29-27-48)66-41-74-67-40-65-50-30-33-71-76-75(81(71,76)37-36-50)68(65)38-54(67)43-80-42-53(57-18-5-8-20-59(57)70(66)46-85(74)80)39-69-58-19-7-4-16-55(58)52-32-35-73-61-22-10-13-25-64(61)79(84(73)45-52)82-78(80)63-24-12-6-17-56(63)51-31-34-72-60-21-9-11-23-62(60)77(69)83(72)44-51/h1-42,44-46,50,71,75-77H,43H2/q+4/b53-42+,69-39-. The zero-order valence-electron chi connectivity index (χ0n) is 46.4. The van der Waals surface area contributed by atoms with Crippen LogP contribution in [0.1, 0.15) is 62.4 Å².